The van der Waals surface area contributed by atoms with E-state index >= 15 is 0 Å². The van der Waals surface area contributed by atoms with E-state index < -0.39 is 20.4 Å². The molecule has 2 aliphatic rings. The third-order valence-electron chi connectivity index (χ3n) is 7.84. The molecule has 166 valence electrons. The Balaban J connectivity index is 1.79. The summed E-state index contributed by atoms with van der Waals surface area (Å²) in [6.07, 6.45) is 6.44. The summed E-state index contributed by atoms with van der Waals surface area (Å²) in [5.74, 6) is 0. The molecule has 32 heavy (non-hydrogen) atoms. The van der Waals surface area contributed by atoms with Crippen LogP contribution in [0.25, 0.3) is 5.57 Å². The summed E-state index contributed by atoms with van der Waals surface area (Å²) >= 11 is -1.87. The van der Waals surface area contributed by atoms with Crippen LogP contribution in [0.4, 0.5) is 0 Å². The monoisotopic (exact) mass is 516 g/mol. The van der Waals surface area contributed by atoms with Crippen LogP contribution >= 0.6 is 0 Å². The summed E-state index contributed by atoms with van der Waals surface area (Å²) < 4.78 is 1.48. The molecule has 2 heteroatoms. The molecule has 0 fully saturated rings. The van der Waals surface area contributed by atoms with Gasteiger partial charge in [0.2, 0.25) is 0 Å². The van der Waals surface area contributed by atoms with E-state index in [0.29, 0.717) is 3.63 Å². The fourth-order valence-electron chi connectivity index (χ4n) is 5.70. The standard InChI is InChI=1S/C19H19.C9H13.C2H6Si.Zr/c1-2-3-6-15-9-11-17(12-10-15)19-14-13-16-7-4-5-8-18(16)19;1-6-5-7(2)9(4)8(6)3;1-3-2;/h4-5,7-14H,2-3,6H2,1H3;5H,1-4H3;1-2H3;. The van der Waals surface area contributed by atoms with Gasteiger partial charge < -0.3 is 0 Å². The quantitative estimate of drug-likeness (QED) is 0.336. The van der Waals surface area contributed by atoms with Crippen LogP contribution < -0.4 is 0 Å². The molecule has 0 amide bonds. The van der Waals surface area contributed by atoms with Gasteiger partial charge in [0.1, 0.15) is 0 Å². The van der Waals surface area contributed by atoms with Crippen molar-refractivity contribution in [2.24, 2.45) is 0 Å². The van der Waals surface area contributed by atoms with Gasteiger partial charge in [0.25, 0.3) is 0 Å². The van der Waals surface area contributed by atoms with Crippen molar-refractivity contribution in [3.8, 4) is 0 Å². The Morgan fingerprint density at radius 2 is 1.47 bits per heavy atom. The zero-order valence-corrected chi connectivity index (χ0v) is 24.4. The summed E-state index contributed by atoms with van der Waals surface area (Å²) in [4.78, 5) is 0. The second-order valence-electron chi connectivity index (χ2n) is 9.95. The number of allylic oxidation sites excluding steroid dienone is 5. The van der Waals surface area contributed by atoms with E-state index in [1.165, 1.54) is 41.5 Å². The molecule has 0 aromatic heterocycles. The zero-order valence-electron chi connectivity index (χ0n) is 21.0. The topological polar surface area (TPSA) is 0 Å². The Bertz CT molecular complexity index is 1130. The summed E-state index contributed by atoms with van der Waals surface area (Å²) in [5.41, 5.74) is 13.7. The number of benzene rings is 2. The van der Waals surface area contributed by atoms with Gasteiger partial charge in [-0.3, -0.25) is 0 Å². The van der Waals surface area contributed by atoms with E-state index in [1.54, 1.807) is 27.9 Å². The van der Waals surface area contributed by atoms with E-state index in [1.807, 2.05) is 0 Å². The predicted octanol–water partition coefficient (Wildman–Crippen LogP) is 8.86. The molecular weight excluding hydrogens is 480 g/mol. The average Bonchev–Trinajstić information content (AvgIpc) is 3.26. The number of aryl methyl sites for hydroxylation is 1. The Labute approximate surface area is 203 Å². The van der Waals surface area contributed by atoms with Gasteiger partial charge in [0.15, 0.2) is 0 Å². The van der Waals surface area contributed by atoms with Gasteiger partial charge in [-0.05, 0) is 0 Å². The summed E-state index contributed by atoms with van der Waals surface area (Å²) in [5, 5.41) is 0. The Morgan fingerprint density at radius 1 is 0.844 bits per heavy atom. The van der Waals surface area contributed by atoms with Gasteiger partial charge in [0, 0.05) is 0 Å². The molecule has 2 aromatic carbocycles. The fourth-order valence-corrected chi connectivity index (χ4v) is 26.2. The van der Waals surface area contributed by atoms with Crippen LogP contribution in [0.1, 0.15) is 73.3 Å². The van der Waals surface area contributed by atoms with Gasteiger partial charge in [-0.15, -0.1) is 0 Å². The first kappa shape index (κ1) is 23.9. The van der Waals surface area contributed by atoms with Crippen molar-refractivity contribution < 1.29 is 20.4 Å². The average molecular weight is 518 g/mol. The molecule has 0 heterocycles. The first-order valence-corrected chi connectivity index (χ1v) is 21.3. The maximum absolute atomic E-state index is 2.71. The van der Waals surface area contributed by atoms with E-state index in [-0.39, 0.29) is 5.43 Å². The summed E-state index contributed by atoms with van der Waals surface area (Å²) in [6, 6.07) is 18.8. The maximum atomic E-state index is 2.71. The molecule has 0 saturated heterocycles. The molecule has 2 aliphatic carbocycles. The van der Waals surface area contributed by atoms with Crippen molar-refractivity contribution in [2.75, 3.05) is 0 Å². The van der Waals surface area contributed by atoms with Crippen LogP contribution in [0.15, 0.2) is 76.9 Å². The van der Waals surface area contributed by atoms with Crippen molar-refractivity contribution in [3.05, 3.63) is 99.2 Å². The van der Waals surface area contributed by atoms with Crippen molar-refractivity contribution in [1.29, 1.82) is 0 Å². The zero-order chi connectivity index (χ0) is 23.0. The number of fused-ring (bicyclic) bond motifs is 1. The third-order valence-corrected chi connectivity index (χ3v) is 27.5. The molecule has 0 saturated carbocycles. The van der Waals surface area contributed by atoms with Crippen molar-refractivity contribution in [2.45, 2.75) is 74.2 Å². The van der Waals surface area contributed by atoms with E-state index in [4.69, 9.17) is 0 Å². The van der Waals surface area contributed by atoms with Gasteiger partial charge in [-0.2, -0.15) is 0 Å². The molecular formula is C30H38SiZr. The molecule has 0 spiro atoms. The van der Waals surface area contributed by atoms with Crippen LogP contribution in [-0.4, -0.2) is 5.43 Å². The molecule has 0 radical (unpaired) electrons. The summed E-state index contributed by atoms with van der Waals surface area (Å²) in [7, 11) is 0. The molecule has 1 atom stereocenters. The van der Waals surface area contributed by atoms with Gasteiger partial charge >= 0.3 is 205 Å². The van der Waals surface area contributed by atoms with Crippen LogP contribution in [0, 0.1) is 0 Å². The first-order chi connectivity index (χ1) is 15.3. The van der Waals surface area contributed by atoms with Crippen LogP contribution in [-0.2, 0) is 26.8 Å². The van der Waals surface area contributed by atoms with E-state index in [9.17, 15) is 0 Å². The van der Waals surface area contributed by atoms with Crippen LogP contribution in [0.2, 0.25) is 16.7 Å². The minimum absolute atomic E-state index is 0.329. The molecule has 2 aromatic rings. The first-order valence-electron chi connectivity index (χ1n) is 12.3. The molecule has 1 unspecified atom stereocenters. The number of unbranched alkanes of at least 4 members (excludes halogenated alkanes) is 1. The minimum atomic E-state index is -1.87. The van der Waals surface area contributed by atoms with Crippen molar-refractivity contribution in [1.82, 2.24) is 0 Å². The van der Waals surface area contributed by atoms with Gasteiger partial charge in [-0.1, -0.05) is 0 Å². The normalized spacial score (nSPS) is 18.3. The van der Waals surface area contributed by atoms with Gasteiger partial charge in [-0.25, -0.2) is 0 Å². The second kappa shape index (κ2) is 9.94. The van der Waals surface area contributed by atoms with Crippen LogP contribution in [0.5, 0.6) is 0 Å². The molecule has 0 N–H and O–H groups in total. The number of rotatable bonds is 6. The molecule has 0 bridgehead atoms. The molecule has 4 rings (SSSR count). The second-order valence-corrected chi connectivity index (χ2v) is 27.9. The van der Waals surface area contributed by atoms with Crippen LogP contribution in [0.3, 0.4) is 0 Å². The van der Waals surface area contributed by atoms with Gasteiger partial charge in [0.05, 0.1) is 0 Å². The Kier molecular flexibility index (Phi) is 7.43. The van der Waals surface area contributed by atoms with Crippen molar-refractivity contribution >= 4 is 11.0 Å². The Morgan fingerprint density at radius 3 is 2.06 bits per heavy atom. The third kappa shape index (κ3) is 4.30. The van der Waals surface area contributed by atoms with Crippen molar-refractivity contribution in [3.63, 3.8) is 0 Å². The molecule has 0 aliphatic heterocycles. The SMILES string of the molecule is CCCCc1ccc(C2=C[CH]([Zr]([CH]3C(C)=C(C)C(C)=C3C)=[Si](C)C)c3ccccc32)cc1. The summed E-state index contributed by atoms with van der Waals surface area (Å²) in [6.45, 7) is 17.1. The molecule has 0 nitrogen and oxygen atoms in total. The van der Waals surface area contributed by atoms with E-state index in [2.05, 4.69) is 102 Å². The number of hydrogen-bond donors (Lipinski definition) is 0. The fraction of sp³-hybridized carbons (Fsp3) is 0.400. The van der Waals surface area contributed by atoms with E-state index in [0.717, 1.165) is 3.63 Å². The number of hydrogen-bond acceptors (Lipinski definition) is 0. The Hall–Kier alpha value is -1.24. The predicted molar refractivity (Wildman–Crippen MR) is 139 cm³/mol.